The van der Waals surface area contributed by atoms with Gasteiger partial charge in [-0.05, 0) is 41.5 Å². The van der Waals surface area contributed by atoms with Crippen LogP contribution in [-0.2, 0) is 28.7 Å². The Kier molecular flexibility index (Phi) is 8.46. The van der Waals surface area contributed by atoms with E-state index in [-0.39, 0.29) is 19.3 Å². The second kappa shape index (κ2) is 8.96. The molecule has 0 N–H and O–H groups in total. The lowest BCUT2D eigenvalue weighted by Gasteiger charge is -2.39. The van der Waals surface area contributed by atoms with E-state index >= 15 is 0 Å². The second-order valence-corrected chi connectivity index (χ2v) is 5.18. The van der Waals surface area contributed by atoms with E-state index in [1.165, 1.54) is 7.11 Å². The van der Waals surface area contributed by atoms with Crippen molar-refractivity contribution in [3.63, 3.8) is 0 Å². The molecule has 0 fully saturated rings. The Morgan fingerprint density at radius 3 is 1.76 bits per heavy atom. The average Bonchev–Trinajstić information content (AvgIpc) is 2.35. The van der Waals surface area contributed by atoms with Crippen molar-refractivity contribution in [1.29, 1.82) is 0 Å². The van der Waals surface area contributed by atoms with Crippen molar-refractivity contribution >= 4 is 11.9 Å². The number of carbonyl (C=O) groups is 2. The van der Waals surface area contributed by atoms with E-state index in [0.717, 1.165) is 5.23 Å². The Bertz CT molecular complexity index is 324. The van der Waals surface area contributed by atoms with Crippen LogP contribution in [0.25, 0.3) is 0 Å². The van der Waals surface area contributed by atoms with Gasteiger partial charge in [0.15, 0.2) is 5.92 Å². The van der Waals surface area contributed by atoms with E-state index in [9.17, 15) is 9.59 Å². The molecule has 7 heteroatoms. The molecule has 0 saturated heterocycles. The zero-order chi connectivity index (χ0) is 16.6. The highest BCUT2D eigenvalue weighted by molar-refractivity contribution is 5.96. The number of nitrogens with zero attached hydrogens (tertiary/aromatic N) is 1. The molecule has 0 spiro atoms. The van der Waals surface area contributed by atoms with Crippen molar-refractivity contribution in [2.24, 2.45) is 5.92 Å². The number of rotatable bonds is 9. The third-order valence-corrected chi connectivity index (χ3v) is 2.69. The largest absolute Gasteiger partial charge is 0.465 e. The zero-order valence-corrected chi connectivity index (χ0v) is 14.0. The van der Waals surface area contributed by atoms with Gasteiger partial charge in [0.05, 0.1) is 32.0 Å². The van der Waals surface area contributed by atoms with Gasteiger partial charge in [0, 0.05) is 0 Å². The number of hydrogen-bond acceptors (Lipinski definition) is 7. The summed E-state index contributed by atoms with van der Waals surface area (Å²) in [5.74, 6) is -2.53. The van der Waals surface area contributed by atoms with E-state index in [1.807, 2.05) is 13.8 Å². The molecule has 0 aliphatic carbocycles. The molecule has 0 aromatic rings. The molecule has 7 nitrogen and oxygen atoms in total. The van der Waals surface area contributed by atoms with Crippen molar-refractivity contribution in [3.8, 4) is 0 Å². The number of ether oxygens (including phenoxy) is 2. The molecule has 0 aliphatic heterocycles. The minimum Gasteiger partial charge on any atom is -0.465 e. The maximum absolute atomic E-state index is 12.2. The summed E-state index contributed by atoms with van der Waals surface area (Å²) in [6, 6.07) is 0. The van der Waals surface area contributed by atoms with Crippen LogP contribution in [0.4, 0.5) is 0 Å². The Labute approximate surface area is 126 Å². The highest BCUT2D eigenvalue weighted by Gasteiger charge is 2.49. The molecule has 21 heavy (non-hydrogen) atoms. The van der Waals surface area contributed by atoms with Crippen LogP contribution >= 0.6 is 0 Å². The molecular weight excluding hydrogens is 278 g/mol. The minimum atomic E-state index is -1.18. The lowest BCUT2D eigenvalue weighted by molar-refractivity contribution is -0.414. The molecule has 0 aliphatic rings. The van der Waals surface area contributed by atoms with Gasteiger partial charge in [-0.1, -0.05) is 5.23 Å². The fourth-order valence-electron chi connectivity index (χ4n) is 1.84. The summed E-state index contributed by atoms with van der Waals surface area (Å²) < 4.78 is 9.96. The lowest BCUT2D eigenvalue weighted by atomic mass is 9.88. The molecule has 0 amide bonds. The maximum atomic E-state index is 12.2. The maximum Gasteiger partial charge on any atom is 0.322 e. The Morgan fingerprint density at radius 2 is 1.48 bits per heavy atom. The van der Waals surface area contributed by atoms with E-state index in [0.29, 0.717) is 0 Å². The molecule has 124 valence electrons. The summed E-state index contributed by atoms with van der Waals surface area (Å²) in [4.78, 5) is 35.0. The van der Waals surface area contributed by atoms with Crippen molar-refractivity contribution in [2.75, 3.05) is 20.3 Å². The first kappa shape index (κ1) is 19.8. The minimum absolute atomic E-state index is 0.169. The van der Waals surface area contributed by atoms with Gasteiger partial charge < -0.3 is 9.47 Å². The Balaban J connectivity index is 5.43. The van der Waals surface area contributed by atoms with E-state index in [1.54, 1.807) is 27.7 Å². The molecule has 0 aromatic carbocycles. The summed E-state index contributed by atoms with van der Waals surface area (Å²) in [5, 5.41) is 1.14. The van der Waals surface area contributed by atoms with Gasteiger partial charge in [-0.25, -0.2) is 0 Å². The fraction of sp³-hybridized carbons (Fsp3) is 0.857. The molecule has 0 radical (unpaired) electrons. The Hall–Kier alpha value is -1.18. The fourth-order valence-corrected chi connectivity index (χ4v) is 1.84. The highest BCUT2D eigenvalue weighted by atomic mass is 17.0. The summed E-state index contributed by atoms with van der Waals surface area (Å²) >= 11 is 0. The molecular formula is C14H27NO6. The molecule has 0 unspecified atom stereocenters. The summed E-state index contributed by atoms with van der Waals surface area (Å²) in [6.45, 7) is 10.6. The lowest BCUT2D eigenvalue weighted by Crippen LogP contribution is -2.55. The monoisotopic (exact) mass is 305 g/mol. The topological polar surface area (TPSA) is 74.3 Å². The predicted octanol–water partition coefficient (Wildman–Crippen LogP) is 1.71. The normalized spacial score (nSPS) is 12.1. The van der Waals surface area contributed by atoms with Crippen LogP contribution in [-0.4, -0.2) is 49.1 Å². The molecule has 0 heterocycles. The van der Waals surface area contributed by atoms with Crippen LogP contribution in [0.1, 0.15) is 41.5 Å². The number of esters is 2. The SMILES string of the molecule is CCOC(=O)C(C(=O)OCC)C(C)(C)N(OC)OC(C)C. The van der Waals surface area contributed by atoms with Crippen molar-refractivity contribution in [2.45, 2.75) is 53.2 Å². The third-order valence-electron chi connectivity index (χ3n) is 2.69. The van der Waals surface area contributed by atoms with Crippen LogP contribution < -0.4 is 0 Å². The van der Waals surface area contributed by atoms with Crippen LogP contribution in [0, 0.1) is 5.92 Å². The highest BCUT2D eigenvalue weighted by Crippen LogP contribution is 2.28. The van der Waals surface area contributed by atoms with Gasteiger partial charge in [0.2, 0.25) is 0 Å². The van der Waals surface area contributed by atoms with Crippen LogP contribution in [0.15, 0.2) is 0 Å². The zero-order valence-electron chi connectivity index (χ0n) is 14.0. The van der Waals surface area contributed by atoms with E-state index in [2.05, 4.69) is 0 Å². The smallest absolute Gasteiger partial charge is 0.322 e. The predicted molar refractivity (Wildman–Crippen MR) is 75.9 cm³/mol. The van der Waals surface area contributed by atoms with Crippen molar-refractivity contribution in [3.05, 3.63) is 0 Å². The van der Waals surface area contributed by atoms with Gasteiger partial charge in [-0.2, -0.15) is 0 Å². The molecule has 0 bridgehead atoms. The van der Waals surface area contributed by atoms with Crippen LogP contribution in [0.3, 0.4) is 0 Å². The first-order valence-corrected chi connectivity index (χ1v) is 7.06. The number of hydrogen-bond donors (Lipinski definition) is 0. The number of carbonyl (C=O) groups excluding carboxylic acids is 2. The molecule has 0 saturated carbocycles. The third kappa shape index (κ3) is 5.61. The van der Waals surface area contributed by atoms with E-state index < -0.39 is 23.4 Å². The molecule has 0 atom stereocenters. The first-order valence-electron chi connectivity index (χ1n) is 7.06. The van der Waals surface area contributed by atoms with Crippen LogP contribution in [0.2, 0.25) is 0 Å². The van der Waals surface area contributed by atoms with Gasteiger partial charge in [-0.15, -0.1) is 0 Å². The van der Waals surface area contributed by atoms with Gasteiger partial charge in [0.25, 0.3) is 0 Å². The van der Waals surface area contributed by atoms with Crippen molar-refractivity contribution in [1.82, 2.24) is 5.23 Å². The van der Waals surface area contributed by atoms with Gasteiger partial charge >= 0.3 is 11.9 Å². The quantitative estimate of drug-likeness (QED) is 0.365. The summed E-state index contributed by atoms with van der Waals surface area (Å²) in [7, 11) is 1.40. The Morgan fingerprint density at radius 1 is 1.05 bits per heavy atom. The summed E-state index contributed by atoms with van der Waals surface area (Å²) in [6.07, 6.45) is -0.186. The van der Waals surface area contributed by atoms with E-state index in [4.69, 9.17) is 19.1 Å². The van der Waals surface area contributed by atoms with Crippen molar-refractivity contribution < 1.29 is 28.7 Å². The second-order valence-electron chi connectivity index (χ2n) is 5.18. The summed E-state index contributed by atoms with van der Waals surface area (Å²) in [5.41, 5.74) is -1.10. The van der Waals surface area contributed by atoms with Crippen LogP contribution in [0.5, 0.6) is 0 Å². The molecule has 0 aromatic heterocycles. The number of hydroxylamine groups is 2. The standard InChI is InChI=1S/C14H27NO6/c1-8-19-12(16)11(13(17)20-9-2)14(5,6)15(18-7)21-10(3)4/h10-11H,8-9H2,1-7H3. The first-order chi connectivity index (χ1) is 9.72. The van der Waals surface area contributed by atoms with Gasteiger partial charge in [-0.3, -0.25) is 19.3 Å². The molecule has 0 rings (SSSR count). The average molecular weight is 305 g/mol. The van der Waals surface area contributed by atoms with Gasteiger partial charge in [0.1, 0.15) is 0 Å².